The van der Waals surface area contributed by atoms with E-state index < -0.39 is 0 Å². The molecule has 6 rings (SSSR count). The molecule has 2 aromatic heterocycles. The van der Waals surface area contributed by atoms with Crippen molar-refractivity contribution in [2.24, 2.45) is 7.05 Å². The number of aromatic amines is 1. The predicted molar refractivity (Wildman–Crippen MR) is 126 cm³/mol. The first-order valence-corrected chi connectivity index (χ1v) is 10.7. The van der Waals surface area contributed by atoms with E-state index >= 15 is 0 Å². The van der Waals surface area contributed by atoms with Gasteiger partial charge in [-0.3, -0.25) is 4.68 Å². The number of fused-ring (bicyclic) bond motifs is 2. The molecule has 7 nitrogen and oxygen atoms in total. The highest BCUT2D eigenvalue weighted by molar-refractivity contribution is 5.84. The Hall–Kier alpha value is -4.41. The Morgan fingerprint density at radius 3 is 2.52 bits per heavy atom. The number of aromatic hydroxyl groups is 1. The maximum absolute atomic E-state index is 11.1. The van der Waals surface area contributed by atoms with Crippen LogP contribution in [0, 0.1) is 11.3 Å². The molecule has 1 aliphatic heterocycles. The summed E-state index contributed by atoms with van der Waals surface area (Å²) in [7, 11) is 1.80. The minimum absolute atomic E-state index is 0.0880. The third kappa shape index (κ3) is 3.16. The molecular formula is C26H20N6O. The van der Waals surface area contributed by atoms with Gasteiger partial charge in [0.05, 0.1) is 22.7 Å². The SMILES string of the molecule is Cn1nc(-c2ccc(-c3cccc(C#N)c3)cc2)c(O)c1-c1nc2cc3c(cc2[nH]1)CNC3. The average Bonchev–Trinajstić information content (AvgIpc) is 3.53. The van der Waals surface area contributed by atoms with Crippen LogP contribution in [0.5, 0.6) is 5.75 Å². The van der Waals surface area contributed by atoms with Crippen molar-refractivity contribution in [1.29, 1.82) is 5.26 Å². The molecule has 0 radical (unpaired) electrons. The molecule has 0 amide bonds. The minimum Gasteiger partial charge on any atom is -0.504 e. The van der Waals surface area contributed by atoms with Crippen LogP contribution in [-0.2, 0) is 20.1 Å². The van der Waals surface area contributed by atoms with E-state index in [0.717, 1.165) is 40.8 Å². The number of H-pyrrole nitrogens is 1. The zero-order valence-corrected chi connectivity index (χ0v) is 17.9. The fourth-order valence-electron chi connectivity index (χ4n) is 4.48. The van der Waals surface area contributed by atoms with E-state index in [1.165, 1.54) is 11.1 Å². The van der Waals surface area contributed by atoms with E-state index in [4.69, 9.17) is 10.2 Å². The highest BCUT2D eigenvalue weighted by atomic mass is 16.3. The molecule has 0 aliphatic carbocycles. The summed E-state index contributed by atoms with van der Waals surface area (Å²) in [5.74, 6) is 0.676. The highest BCUT2D eigenvalue weighted by Crippen LogP contribution is 2.38. The van der Waals surface area contributed by atoms with E-state index in [9.17, 15) is 5.11 Å². The Morgan fingerprint density at radius 1 is 0.970 bits per heavy atom. The number of hydrogen-bond donors (Lipinski definition) is 3. The van der Waals surface area contributed by atoms with Crippen molar-refractivity contribution in [1.82, 2.24) is 25.1 Å². The summed E-state index contributed by atoms with van der Waals surface area (Å²) < 4.78 is 1.65. The number of benzene rings is 3. The summed E-state index contributed by atoms with van der Waals surface area (Å²) in [4.78, 5) is 8.07. The van der Waals surface area contributed by atoms with Gasteiger partial charge in [0.2, 0.25) is 0 Å². The molecule has 1 aliphatic rings. The molecule has 0 spiro atoms. The Labute approximate surface area is 190 Å². The molecular weight excluding hydrogens is 412 g/mol. The number of nitrogens with zero attached hydrogens (tertiary/aromatic N) is 4. The monoisotopic (exact) mass is 432 g/mol. The van der Waals surface area contributed by atoms with E-state index in [1.54, 1.807) is 17.8 Å². The van der Waals surface area contributed by atoms with Crippen LogP contribution in [0.25, 0.3) is 44.9 Å². The number of nitriles is 1. The fraction of sp³-hybridized carbons (Fsp3) is 0.115. The van der Waals surface area contributed by atoms with Crippen molar-refractivity contribution in [3.63, 3.8) is 0 Å². The number of aromatic nitrogens is 4. The largest absolute Gasteiger partial charge is 0.504 e. The van der Waals surface area contributed by atoms with Crippen LogP contribution in [0.3, 0.4) is 0 Å². The summed E-state index contributed by atoms with van der Waals surface area (Å²) in [6, 6.07) is 21.7. The normalized spacial score (nSPS) is 12.7. The van der Waals surface area contributed by atoms with Crippen molar-refractivity contribution in [2.75, 3.05) is 0 Å². The Bertz CT molecular complexity index is 1530. The lowest BCUT2D eigenvalue weighted by molar-refractivity contribution is 0.478. The molecule has 0 bridgehead atoms. The molecule has 3 heterocycles. The second-order valence-corrected chi connectivity index (χ2v) is 8.27. The second kappa shape index (κ2) is 7.33. The number of nitrogens with one attached hydrogen (secondary N) is 2. The quantitative estimate of drug-likeness (QED) is 0.390. The maximum Gasteiger partial charge on any atom is 0.173 e. The molecule has 0 atom stereocenters. The van der Waals surface area contributed by atoms with Gasteiger partial charge in [0.25, 0.3) is 0 Å². The number of imidazole rings is 1. The van der Waals surface area contributed by atoms with Gasteiger partial charge in [-0.05, 0) is 46.5 Å². The molecule has 3 aromatic carbocycles. The van der Waals surface area contributed by atoms with Crippen LogP contribution in [0.15, 0.2) is 60.7 Å². The molecule has 0 saturated carbocycles. The van der Waals surface area contributed by atoms with Gasteiger partial charge < -0.3 is 15.4 Å². The first-order valence-electron chi connectivity index (χ1n) is 10.7. The maximum atomic E-state index is 11.1. The summed E-state index contributed by atoms with van der Waals surface area (Å²) in [6.07, 6.45) is 0. The van der Waals surface area contributed by atoms with Crippen LogP contribution in [0.4, 0.5) is 0 Å². The smallest absolute Gasteiger partial charge is 0.173 e. The number of hydrogen-bond acceptors (Lipinski definition) is 5. The zero-order valence-electron chi connectivity index (χ0n) is 17.9. The van der Waals surface area contributed by atoms with Crippen LogP contribution in [0.2, 0.25) is 0 Å². The second-order valence-electron chi connectivity index (χ2n) is 8.27. The van der Waals surface area contributed by atoms with Gasteiger partial charge in [0.15, 0.2) is 11.6 Å². The van der Waals surface area contributed by atoms with Crippen LogP contribution >= 0.6 is 0 Å². The number of rotatable bonds is 3. The molecule has 0 fully saturated rings. The van der Waals surface area contributed by atoms with Gasteiger partial charge >= 0.3 is 0 Å². The zero-order chi connectivity index (χ0) is 22.5. The predicted octanol–water partition coefficient (Wildman–Crippen LogP) is 4.48. The molecule has 0 unspecified atom stereocenters. The molecule has 5 aromatic rings. The lowest BCUT2D eigenvalue weighted by atomic mass is 10.0. The first kappa shape index (κ1) is 19.3. The summed E-state index contributed by atoms with van der Waals surface area (Å²) in [6.45, 7) is 1.71. The van der Waals surface area contributed by atoms with E-state index in [1.807, 2.05) is 42.5 Å². The summed E-state index contributed by atoms with van der Waals surface area (Å²) in [5, 5.41) is 28.1. The molecule has 7 heteroatoms. The Morgan fingerprint density at radius 2 is 1.73 bits per heavy atom. The van der Waals surface area contributed by atoms with E-state index in [0.29, 0.717) is 22.8 Å². The van der Waals surface area contributed by atoms with Crippen molar-refractivity contribution in [2.45, 2.75) is 13.1 Å². The van der Waals surface area contributed by atoms with Crippen molar-refractivity contribution in [3.05, 3.63) is 77.4 Å². The van der Waals surface area contributed by atoms with Gasteiger partial charge in [0.1, 0.15) is 11.4 Å². The molecule has 0 saturated heterocycles. The Balaban J connectivity index is 1.37. The van der Waals surface area contributed by atoms with Crippen molar-refractivity contribution >= 4 is 11.0 Å². The average molecular weight is 432 g/mol. The van der Waals surface area contributed by atoms with E-state index in [2.05, 4.69) is 33.6 Å². The summed E-state index contributed by atoms with van der Waals surface area (Å²) >= 11 is 0. The molecule has 33 heavy (non-hydrogen) atoms. The number of aryl methyl sites for hydroxylation is 1. The minimum atomic E-state index is 0.0880. The Kier molecular flexibility index (Phi) is 4.28. The van der Waals surface area contributed by atoms with Gasteiger partial charge in [0, 0.05) is 25.7 Å². The van der Waals surface area contributed by atoms with Gasteiger partial charge in [-0.2, -0.15) is 10.4 Å². The summed E-state index contributed by atoms with van der Waals surface area (Å²) in [5.41, 5.74) is 8.78. The van der Waals surface area contributed by atoms with Gasteiger partial charge in [-0.15, -0.1) is 0 Å². The van der Waals surface area contributed by atoms with Crippen molar-refractivity contribution in [3.8, 4) is 45.7 Å². The lowest BCUT2D eigenvalue weighted by Gasteiger charge is -2.04. The third-order valence-electron chi connectivity index (χ3n) is 6.16. The fourth-order valence-corrected chi connectivity index (χ4v) is 4.48. The van der Waals surface area contributed by atoms with Crippen molar-refractivity contribution < 1.29 is 5.11 Å². The standard InChI is InChI=1S/C26H20N6O/c1-32-24(26-29-21-10-19-13-28-14-20(19)11-22(21)30-26)25(33)23(31-32)17-7-5-16(6-8-17)18-4-2-3-15(9-18)12-27/h2-11,28,33H,13-14H2,1H3,(H,29,30). The third-order valence-corrected chi connectivity index (χ3v) is 6.16. The first-order chi connectivity index (χ1) is 16.1. The van der Waals surface area contributed by atoms with Gasteiger partial charge in [-0.25, -0.2) is 4.98 Å². The van der Waals surface area contributed by atoms with Crippen LogP contribution in [-0.4, -0.2) is 24.9 Å². The lowest BCUT2D eigenvalue weighted by Crippen LogP contribution is -1.99. The highest BCUT2D eigenvalue weighted by Gasteiger charge is 2.22. The molecule has 3 N–H and O–H groups in total. The topological polar surface area (TPSA) is 103 Å². The van der Waals surface area contributed by atoms with Gasteiger partial charge in [-0.1, -0.05) is 36.4 Å². The molecule has 160 valence electrons. The van der Waals surface area contributed by atoms with Crippen LogP contribution < -0.4 is 5.32 Å². The van der Waals surface area contributed by atoms with Crippen LogP contribution in [0.1, 0.15) is 16.7 Å². The van der Waals surface area contributed by atoms with E-state index in [-0.39, 0.29) is 5.75 Å².